The van der Waals surface area contributed by atoms with Crippen LogP contribution in [0.15, 0.2) is 155 Å². The summed E-state index contributed by atoms with van der Waals surface area (Å²) in [6, 6.07) is 55.5. The second-order valence-corrected chi connectivity index (χ2v) is 29.6. The summed E-state index contributed by atoms with van der Waals surface area (Å²) < 4.78 is 8.01. The average molecular weight is 1020 g/mol. The summed E-state index contributed by atoms with van der Waals surface area (Å²) in [7, 11) is 0. The minimum Gasteiger partial charge on any atom is -0.501 e. The number of aliphatic imine (C=N–C) groups is 1. The van der Waals surface area contributed by atoms with E-state index < -0.39 is 13.3 Å². The Morgan fingerprint density at radius 2 is 1.42 bits per heavy atom. The molecule has 1 atom stereocenters. The van der Waals surface area contributed by atoms with Gasteiger partial charge in [-0.2, -0.15) is 0 Å². The summed E-state index contributed by atoms with van der Waals surface area (Å²) in [5, 5.41) is 2.21. The first-order valence-corrected chi connectivity index (χ1v) is 28.2. The Balaban J connectivity index is 0.000000212. The normalized spacial score (nSPS) is 13.9. The van der Waals surface area contributed by atoms with Crippen LogP contribution >= 0.6 is 0 Å². The maximum absolute atomic E-state index is 6.48. The smallest absolute Gasteiger partial charge is 0.120 e. The fourth-order valence-corrected chi connectivity index (χ4v) is 11.8. The summed E-state index contributed by atoms with van der Waals surface area (Å²) in [6.45, 7) is 13.8. The molecule has 0 aliphatic carbocycles. The first-order chi connectivity index (χ1) is 28.2. The average Bonchev–Trinajstić information content (AvgIpc) is 3.79. The van der Waals surface area contributed by atoms with Crippen LogP contribution in [-0.4, -0.2) is 24.0 Å². The van der Waals surface area contributed by atoms with Crippen LogP contribution in [0.1, 0.15) is 75.3 Å². The second-order valence-electron chi connectivity index (χ2n) is 19.1. The van der Waals surface area contributed by atoms with Crippen LogP contribution in [0.3, 0.4) is 0 Å². The van der Waals surface area contributed by atoms with E-state index in [0.717, 1.165) is 56.6 Å². The van der Waals surface area contributed by atoms with E-state index in [4.69, 9.17) is 14.4 Å². The van der Waals surface area contributed by atoms with Crippen molar-refractivity contribution in [3.05, 3.63) is 186 Å². The summed E-state index contributed by atoms with van der Waals surface area (Å²) in [4.78, 5) is 10.0. The summed E-state index contributed by atoms with van der Waals surface area (Å²) in [6.07, 6.45) is 3.24. The number of aromatic nitrogens is 1. The third kappa shape index (κ3) is 8.93. The first-order valence-electron chi connectivity index (χ1n) is 20.8. The summed E-state index contributed by atoms with van der Waals surface area (Å²) >= 11 is -1.90. The quantitative estimate of drug-likeness (QED) is 0.123. The molecule has 9 rings (SSSR count). The van der Waals surface area contributed by atoms with Crippen LogP contribution in [0.4, 0.5) is 5.69 Å². The number of benzene rings is 6. The maximum Gasteiger partial charge on any atom is 0.120 e. The SMILES string of the molecule is CC(C)(C)Cc1cc(-c2[c-]cccc2)nc[c]1[Ge]([CH3])([CH3])[CH3].CC(C)(C)c1cccc(-c2ccccc2)c1C1C(c2[c-]ccc3c2oc2ccccc23)=Nc2ccccc21.[Ir]. The van der Waals surface area contributed by atoms with Crippen LogP contribution in [0.25, 0.3) is 44.3 Å². The Kier molecular flexibility index (Phi) is 12.4. The van der Waals surface area contributed by atoms with Crippen molar-refractivity contribution in [1.82, 2.24) is 4.98 Å². The van der Waals surface area contributed by atoms with Gasteiger partial charge in [0.2, 0.25) is 0 Å². The Morgan fingerprint density at radius 1 is 0.700 bits per heavy atom. The van der Waals surface area contributed by atoms with E-state index in [1.165, 1.54) is 37.8 Å². The number of pyridine rings is 1. The molecule has 0 spiro atoms. The molecular formula is C55H54GeIrN2O-2. The standard InChI is InChI=1S/C36H28NO.C19H26GeN.Ir/c1-36(2,3)29-20-12-17-24(23-13-5-4-6-14-23)32(29)33-27-16-7-9-21-30(27)37-34(33)28-19-11-18-26-25-15-8-10-22-31(25)38-35(26)28;1-19(2,3)13-16-12-18(15-10-8-7-9-11-15)21-14-17(16)20(4,5)6;/h4-18,20-22,33H,1-3H3;7-10,12,14H,13H2,1-6H3;/q2*-1;. The zero-order chi connectivity index (χ0) is 41.5. The van der Waals surface area contributed by atoms with Crippen molar-refractivity contribution in [2.75, 3.05) is 0 Å². The molecule has 305 valence electrons. The van der Waals surface area contributed by atoms with Crippen LogP contribution < -0.4 is 4.40 Å². The molecule has 6 aromatic carbocycles. The Hall–Kier alpha value is -4.87. The predicted octanol–water partition coefficient (Wildman–Crippen LogP) is 14.3. The van der Waals surface area contributed by atoms with Crippen LogP contribution in [0.5, 0.6) is 0 Å². The van der Waals surface area contributed by atoms with Gasteiger partial charge in [-0.05, 0) is 51.1 Å². The van der Waals surface area contributed by atoms with Crippen molar-refractivity contribution in [2.24, 2.45) is 10.4 Å². The predicted molar refractivity (Wildman–Crippen MR) is 252 cm³/mol. The molecule has 0 amide bonds. The fraction of sp³-hybridized carbons (Fsp3) is 0.236. The molecule has 1 radical (unpaired) electrons. The number of para-hydroxylation sites is 2. The molecule has 3 heterocycles. The molecule has 1 unspecified atom stereocenters. The molecule has 8 aromatic rings. The third-order valence-electron chi connectivity index (χ3n) is 11.1. The van der Waals surface area contributed by atoms with Gasteiger partial charge in [-0.15, -0.1) is 18.2 Å². The van der Waals surface area contributed by atoms with Gasteiger partial charge in [0.15, 0.2) is 0 Å². The number of rotatable bonds is 6. The minimum absolute atomic E-state index is 0. The number of fused-ring (bicyclic) bond motifs is 4. The van der Waals surface area contributed by atoms with Gasteiger partial charge in [-0.1, -0.05) is 117 Å². The molecule has 5 heteroatoms. The molecule has 1 aliphatic rings. The van der Waals surface area contributed by atoms with Gasteiger partial charge in [0.1, 0.15) is 5.58 Å². The van der Waals surface area contributed by atoms with Crippen molar-refractivity contribution >= 4 is 51.0 Å². The monoisotopic (exact) mass is 1030 g/mol. The number of nitrogens with zero attached hydrogens (tertiary/aromatic N) is 2. The Morgan fingerprint density at radius 3 is 2.13 bits per heavy atom. The van der Waals surface area contributed by atoms with Crippen molar-refractivity contribution in [3.63, 3.8) is 0 Å². The maximum atomic E-state index is 6.48. The van der Waals surface area contributed by atoms with E-state index in [1.807, 2.05) is 36.4 Å². The van der Waals surface area contributed by atoms with E-state index in [9.17, 15) is 0 Å². The van der Waals surface area contributed by atoms with Crippen molar-refractivity contribution in [2.45, 2.75) is 76.6 Å². The Labute approximate surface area is 373 Å². The zero-order valence-electron chi connectivity index (χ0n) is 36.3. The number of hydrogen-bond donors (Lipinski definition) is 0. The van der Waals surface area contributed by atoms with Crippen LogP contribution in [-0.2, 0) is 31.9 Å². The number of furan rings is 1. The molecule has 0 bridgehead atoms. The van der Waals surface area contributed by atoms with Crippen molar-refractivity contribution in [3.8, 4) is 22.4 Å². The third-order valence-corrected chi connectivity index (χ3v) is 15.5. The topological polar surface area (TPSA) is 38.4 Å². The molecule has 60 heavy (non-hydrogen) atoms. The molecule has 1 aliphatic heterocycles. The minimum atomic E-state index is -1.90. The molecule has 0 fully saturated rings. The molecule has 0 saturated heterocycles. The molecule has 2 aromatic heterocycles. The molecular weight excluding hydrogens is 969 g/mol. The van der Waals surface area contributed by atoms with Crippen molar-refractivity contribution < 1.29 is 24.5 Å². The Bertz CT molecular complexity index is 2800. The van der Waals surface area contributed by atoms with Gasteiger partial charge in [0, 0.05) is 31.4 Å². The van der Waals surface area contributed by atoms with E-state index in [2.05, 4.69) is 180 Å². The van der Waals surface area contributed by atoms with Gasteiger partial charge in [0.25, 0.3) is 0 Å². The van der Waals surface area contributed by atoms with Gasteiger partial charge in [-0.25, -0.2) is 0 Å². The summed E-state index contributed by atoms with van der Waals surface area (Å²) in [5.74, 6) is 7.28. The van der Waals surface area contributed by atoms with Crippen LogP contribution in [0.2, 0.25) is 17.3 Å². The second kappa shape index (κ2) is 17.2. The van der Waals surface area contributed by atoms with Gasteiger partial charge in [-0.3, -0.25) is 4.99 Å². The summed E-state index contributed by atoms with van der Waals surface area (Å²) in [5.41, 5.74) is 14.8. The van der Waals surface area contributed by atoms with E-state index >= 15 is 0 Å². The van der Waals surface area contributed by atoms with Gasteiger partial charge < -0.3 is 4.42 Å². The molecule has 0 N–H and O–H groups in total. The van der Waals surface area contributed by atoms with E-state index in [1.54, 1.807) is 0 Å². The van der Waals surface area contributed by atoms with Crippen molar-refractivity contribution in [1.29, 1.82) is 0 Å². The van der Waals surface area contributed by atoms with Gasteiger partial charge >= 0.3 is 132 Å². The number of hydrogen-bond acceptors (Lipinski definition) is 3. The molecule has 0 saturated carbocycles. The largest absolute Gasteiger partial charge is 0.501 e. The van der Waals surface area contributed by atoms with E-state index in [0.29, 0.717) is 5.41 Å². The van der Waals surface area contributed by atoms with Gasteiger partial charge in [0.05, 0.1) is 11.3 Å². The first kappa shape index (κ1) is 43.2. The fourth-order valence-electron chi connectivity index (χ4n) is 8.54. The molecule has 3 nitrogen and oxygen atoms in total. The van der Waals surface area contributed by atoms with Crippen LogP contribution in [0, 0.1) is 17.5 Å². The zero-order valence-corrected chi connectivity index (χ0v) is 40.8. The van der Waals surface area contributed by atoms with E-state index in [-0.39, 0.29) is 31.4 Å².